The van der Waals surface area contributed by atoms with Crippen LogP contribution in [0.2, 0.25) is 0 Å². The Kier molecular flexibility index (Phi) is 3.60. The van der Waals surface area contributed by atoms with Crippen molar-refractivity contribution in [2.24, 2.45) is 5.73 Å². The third kappa shape index (κ3) is 2.62. The predicted octanol–water partition coefficient (Wildman–Crippen LogP) is -2.02. The second-order valence-electron chi connectivity index (χ2n) is 4.36. The van der Waals surface area contributed by atoms with E-state index in [4.69, 9.17) is 10.5 Å². The number of primary amides is 1. The largest absolute Gasteiger partial charge is 0.388 e. The highest BCUT2D eigenvalue weighted by Gasteiger charge is 2.44. The lowest BCUT2D eigenvalue weighted by Gasteiger charge is -2.13. The molecule has 19 heavy (non-hydrogen) atoms. The molecule has 0 radical (unpaired) electrons. The Morgan fingerprint density at radius 2 is 2.16 bits per heavy atom. The van der Waals surface area contributed by atoms with E-state index < -0.39 is 30.4 Å². The van der Waals surface area contributed by atoms with Crippen LogP contribution in [0.3, 0.4) is 0 Å². The fraction of sp³-hybridized carbons (Fsp3) is 0.600. The van der Waals surface area contributed by atoms with E-state index >= 15 is 0 Å². The van der Waals surface area contributed by atoms with Crippen molar-refractivity contribution in [3.05, 3.63) is 12.2 Å². The van der Waals surface area contributed by atoms with Gasteiger partial charge in [0.2, 0.25) is 5.82 Å². The van der Waals surface area contributed by atoms with Gasteiger partial charge in [0.15, 0.2) is 6.23 Å². The standard InChI is InChI=1S/C10H14N4O5/c1-4(15)2-5-6(16)7(17)10(19-5)14-3-12-9(13-14)8(11)18/h3,5-7,10,16-17H,2H2,1H3,(H2,11,18)/t5-,6?,7?,10-/m1/s1. The highest BCUT2D eigenvalue weighted by Crippen LogP contribution is 2.30. The molecule has 104 valence electrons. The van der Waals surface area contributed by atoms with Gasteiger partial charge in [0.05, 0.1) is 6.10 Å². The summed E-state index contributed by atoms with van der Waals surface area (Å²) in [4.78, 5) is 25.5. The summed E-state index contributed by atoms with van der Waals surface area (Å²) in [6.07, 6.45) is -3.18. The minimum absolute atomic E-state index is 0.0217. The summed E-state index contributed by atoms with van der Waals surface area (Å²) in [5.41, 5.74) is 5.01. The van der Waals surface area contributed by atoms with Gasteiger partial charge in [-0.3, -0.25) is 9.59 Å². The summed E-state index contributed by atoms with van der Waals surface area (Å²) < 4.78 is 6.45. The number of aliphatic hydroxyl groups is 2. The van der Waals surface area contributed by atoms with Crippen molar-refractivity contribution in [3.8, 4) is 0 Å². The molecule has 1 aliphatic rings. The molecule has 4 N–H and O–H groups in total. The number of hydrogen-bond acceptors (Lipinski definition) is 7. The summed E-state index contributed by atoms with van der Waals surface area (Å²) in [6.45, 7) is 1.36. The average Bonchev–Trinajstić information content (AvgIpc) is 2.89. The zero-order valence-corrected chi connectivity index (χ0v) is 10.1. The van der Waals surface area contributed by atoms with Gasteiger partial charge in [0.1, 0.15) is 24.3 Å². The lowest BCUT2D eigenvalue weighted by Crippen LogP contribution is -2.32. The number of hydrogen-bond donors (Lipinski definition) is 3. The lowest BCUT2D eigenvalue weighted by atomic mass is 10.1. The molecule has 1 saturated heterocycles. The van der Waals surface area contributed by atoms with E-state index in [-0.39, 0.29) is 18.0 Å². The number of rotatable bonds is 4. The van der Waals surface area contributed by atoms with Gasteiger partial charge < -0.3 is 20.7 Å². The van der Waals surface area contributed by atoms with Crippen molar-refractivity contribution >= 4 is 11.7 Å². The van der Waals surface area contributed by atoms with E-state index in [0.717, 1.165) is 11.0 Å². The van der Waals surface area contributed by atoms with Gasteiger partial charge in [0.25, 0.3) is 5.91 Å². The molecular weight excluding hydrogens is 256 g/mol. The number of ketones is 1. The number of amides is 1. The molecule has 0 aliphatic carbocycles. The SMILES string of the molecule is CC(=O)C[C@H]1O[C@@H](n2cnc(C(N)=O)n2)C(O)C1O. The van der Waals surface area contributed by atoms with Gasteiger partial charge in [0, 0.05) is 6.42 Å². The predicted molar refractivity (Wildman–Crippen MR) is 59.8 cm³/mol. The maximum Gasteiger partial charge on any atom is 0.288 e. The minimum Gasteiger partial charge on any atom is -0.388 e. The van der Waals surface area contributed by atoms with Crippen molar-refractivity contribution in [3.63, 3.8) is 0 Å². The van der Waals surface area contributed by atoms with Crippen molar-refractivity contribution in [1.29, 1.82) is 0 Å². The number of aliphatic hydroxyl groups excluding tert-OH is 2. The quantitative estimate of drug-likeness (QED) is 0.573. The first-order chi connectivity index (χ1) is 8.90. The molecule has 0 aromatic carbocycles. The van der Waals surface area contributed by atoms with Crippen molar-refractivity contribution in [2.45, 2.75) is 37.9 Å². The fourth-order valence-electron chi connectivity index (χ4n) is 1.91. The second kappa shape index (κ2) is 5.03. The maximum absolute atomic E-state index is 11.0. The number of ether oxygens (including phenoxy) is 1. The molecule has 4 atom stereocenters. The molecule has 2 heterocycles. The molecule has 1 aliphatic heterocycles. The first-order valence-corrected chi connectivity index (χ1v) is 5.62. The van der Waals surface area contributed by atoms with E-state index in [0.29, 0.717) is 0 Å². The van der Waals surface area contributed by atoms with Gasteiger partial charge in [-0.1, -0.05) is 0 Å². The summed E-state index contributed by atoms with van der Waals surface area (Å²) in [5.74, 6) is -1.21. The van der Waals surface area contributed by atoms with Crippen molar-refractivity contribution in [1.82, 2.24) is 14.8 Å². The van der Waals surface area contributed by atoms with Crippen LogP contribution in [0.4, 0.5) is 0 Å². The maximum atomic E-state index is 11.0. The molecular formula is C10H14N4O5. The van der Waals surface area contributed by atoms with Crippen LogP contribution in [0.5, 0.6) is 0 Å². The zero-order valence-electron chi connectivity index (χ0n) is 10.1. The van der Waals surface area contributed by atoms with Gasteiger partial charge in [-0.25, -0.2) is 9.67 Å². The minimum atomic E-state index is -1.27. The van der Waals surface area contributed by atoms with Crippen LogP contribution in [0, 0.1) is 0 Å². The van der Waals surface area contributed by atoms with Crippen LogP contribution in [0.15, 0.2) is 6.33 Å². The molecule has 1 aromatic rings. The third-order valence-corrected chi connectivity index (χ3v) is 2.82. The van der Waals surface area contributed by atoms with Crippen LogP contribution in [-0.2, 0) is 9.53 Å². The molecule has 2 rings (SSSR count). The van der Waals surface area contributed by atoms with E-state index in [1.54, 1.807) is 0 Å². The number of carbonyl (C=O) groups excluding carboxylic acids is 2. The summed E-state index contributed by atoms with van der Waals surface area (Å²) in [7, 11) is 0. The number of Topliss-reactive ketones (excluding diaryl/α,β-unsaturated/α-hetero) is 1. The van der Waals surface area contributed by atoms with Crippen LogP contribution in [0.1, 0.15) is 30.2 Å². The molecule has 0 spiro atoms. The summed E-state index contributed by atoms with van der Waals surface area (Å²) in [6, 6.07) is 0. The Morgan fingerprint density at radius 1 is 1.47 bits per heavy atom. The van der Waals surface area contributed by atoms with Gasteiger partial charge in [-0.15, -0.1) is 5.10 Å². The van der Waals surface area contributed by atoms with E-state index in [1.165, 1.54) is 6.92 Å². The highest BCUT2D eigenvalue weighted by atomic mass is 16.6. The molecule has 1 aromatic heterocycles. The average molecular weight is 270 g/mol. The molecule has 9 nitrogen and oxygen atoms in total. The van der Waals surface area contributed by atoms with Gasteiger partial charge in [-0.2, -0.15) is 0 Å². The Balaban J connectivity index is 2.16. The van der Waals surface area contributed by atoms with E-state index in [2.05, 4.69) is 10.1 Å². The molecule has 1 amide bonds. The van der Waals surface area contributed by atoms with E-state index in [1.807, 2.05) is 0 Å². The Morgan fingerprint density at radius 3 is 2.68 bits per heavy atom. The molecule has 2 unspecified atom stereocenters. The second-order valence-corrected chi connectivity index (χ2v) is 4.36. The summed E-state index contributed by atoms with van der Waals surface area (Å²) in [5, 5.41) is 23.4. The van der Waals surface area contributed by atoms with Gasteiger partial charge >= 0.3 is 0 Å². The van der Waals surface area contributed by atoms with Crippen LogP contribution in [0.25, 0.3) is 0 Å². The Bertz CT molecular complexity index is 502. The summed E-state index contributed by atoms with van der Waals surface area (Å²) >= 11 is 0. The number of aromatic nitrogens is 3. The van der Waals surface area contributed by atoms with Crippen molar-refractivity contribution < 1.29 is 24.5 Å². The smallest absolute Gasteiger partial charge is 0.288 e. The number of nitrogens with zero attached hydrogens (tertiary/aromatic N) is 3. The van der Waals surface area contributed by atoms with E-state index in [9.17, 15) is 19.8 Å². The first kappa shape index (κ1) is 13.6. The third-order valence-electron chi connectivity index (χ3n) is 2.82. The van der Waals surface area contributed by atoms with Crippen molar-refractivity contribution in [2.75, 3.05) is 0 Å². The molecule has 9 heteroatoms. The van der Waals surface area contributed by atoms with Crippen LogP contribution in [-0.4, -0.2) is 55.0 Å². The molecule has 0 saturated carbocycles. The highest BCUT2D eigenvalue weighted by molar-refractivity contribution is 5.88. The van der Waals surface area contributed by atoms with Crippen LogP contribution < -0.4 is 5.73 Å². The monoisotopic (exact) mass is 270 g/mol. The Labute approximate surface area is 108 Å². The molecule has 1 fully saturated rings. The molecule has 0 bridgehead atoms. The topological polar surface area (TPSA) is 141 Å². The zero-order chi connectivity index (χ0) is 14.2. The normalized spacial score (nSPS) is 30.5. The van der Waals surface area contributed by atoms with Gasteiger partial charge in [-0.05, 0) is 6.92 Å². The lowest BCUT2D eigenvalue weighted by molar-refractivity contribution is -0.121. The fourth-order valence-corrected chi connectivity index (χ4v) is 1.91. The number of carbonyl (C=O) groups is 2. The Hall–Kier alpha value is -1.84. The van der Waals surface area contributed by atoms with Crippen LogP contribution >= 0.6 is 0 Å². The first-order valence-electron chi connectivity index (χ1n) is 5.62. The number of nitrogens with two attached hydrogens (primary N) is 1.